The van der Waals surface area contributed by atoms with Gasteiger partial charge in [-0.3, -0.25) is 9.59 Å². The lowest BCUT2D eigenvalue weighted by Gasteiger charge is -2.54. The minimum atomic E-state index is -0.195. The highest BCUT2D eigenvalue weighted by Crippen LogP contribution is 2.53. The van der Waals surface area contributed by atoms with Crippen LogP contribution in [0.4, 0.5) is 5.82 Å². The molecule has 0 aliphatic heterocycles. The van der Waals surface area contributed by atoms with Gasteiger partial charge in [0, 0.05) is 23.4 Å². The third-order valence-electron chi connectivity index (χ3n) is 8.99. The molecule has 38 heavy (non-hydrogen) atoms. The van der Waals surface area contributed by atoms with E-state index in [1.165, 1.54) is 32.1 Å². The van der Waals surface area contributed by atoms with Crippen LogP contribution >= 0.6 is 0 Å². The zero-order chi connectivity index (χ0) is 26.2. The van der Waals surface area contributed by atoms with Crippen LogP contribution in [-0.4, -0.2) is 22.8 Å². The number of benzene rings is 2. The molecule has 4 aliphatic carbocycles. The van der Waals surface area contributed by atoms with Gasteiger partial charge in [-0.25, -0.2) is 4.98 Å². The summed E-state index contributed by atoms with van der Waals surface area (Å²) < 4.78 is 0. The maximum absolute atomic E-state index is 13.2. The lowest BCUT2D eigenvalue weighted by molar-refractivity contribution is -0.0119. The van der Waals surface area contributed by atoms with Crippen LogP contribution < -0.4 is 10.6 Å². The van der Waals surface area contributed by atoms with Gasteiger partial charge in [0.15, 0.2) is 0 Å². The maximum Gasteiger partial charge on any atom is 0.256 e. The molecule has 3 aromatic rings. The Morgan fingerprint density at radius 3 is 2.13 bits per heavy atom. The zero-order valence-corrected chi connectivity index (χ0v) is 22.0. The summed E-state index contributed by atoms with van der Waals surface area (Å²) in [7, 11) is 0. The molecule has 2 amide bonds. The van der Waals surface area contributed by atoms with Crippen molar-refractivity contribution in [2.24, 2.45) is 23.7 Å². The summed E-state index contributed by atoms with van der Waals surface area (Å²) in [4.78, 5) is 29.8. The minimum Gasteiger partial charge on any atom is -0.349 e. The Hall–Kier alpha value is -3.73. The molecule has 4 saturated carbocycles. The largest absolute Gasteiger partial charge is 0.349 e. The second-order valence-electron chi connectivity index (χ2n) is 11.6. The first-order valence-corrected chi connectivity index (χ1v) is 13.8. The molecule has 5 nitrogen and oxygen atoms in total. The molecular formula is C33H35N3O2. The maximum atomic E-state index is 13.2. The molecule has 2 aromatic carbocycles. The first-order chi connectivity index (χ1) is 18.4. The van der Waals surface area contributed by atoms with E-state index >= 15 is 0 Å². The highest BCUT2D eigenvalue weighted by Gasteiger charge is 2.48. The van der Waals surface area contributed by atoms with E-state index in [2.05, 4.69) is 35.2 Å². The summed E-state index contributed by atoms with van der Waals surface area (Å²) in [5, 5.41) is 6.23. The van der Waals surface area contributed by atoms with Gasteiger partial charge in [0.05, 0.1) is 0 Å². The standard InChI is InChI=1S/C33H35N3O2/c1-20(24-6-8-25(9-7-24)32(37)35-30-5-3-4-12-34-30)13-26-10-11-27(14-21(26)2)33(38)36-31-28-16-22-15-23(18-28)19-29(31)17-22/h3-12,14,22-23,28-29,31H,1,13,15-19H2,2H3,(H,36,38)(H,34,35,37). The number of aryl methyl sites for hydroxylation is 1. The van der Waals surface area contributed by atoms with Gasteiger partial charge >= 0.3 is 0 Å². The molecule has 1 heterocycles. The van der Waals surface area contributed by atoms with E-state index in [-0.39, 0.29) is 11.8 Å². The predicted molar refractivity (Wildman–Crippen MR) is 151 cm³/mol. The van der Waals surface area contributed by atoms with Gasteiger partial charge in [-0.1, -0.05) is 30.8 Å². The number of aromatic nitrogens is 1. The molecule has 7 rings (SSSR count). The van der Waals surface area contributed by atoms with E-state index < -0.39 is 0 Å². The van der Waals surface area contributed by atoms with Crippen LogP contribution in [0.15, 0.2) is 73.4 Å². The number of anilines is 1. The lowest BCUT2D eigenvalue weighted by atomic mass is 9.54. The van der Waals surface area contributed by atoms with E-state index in [4.69, 9.17) is 0 Å². The van der Waals surface area contributed by atoms with Gasteiger partial charge in [-0.2, -0.15) is 0 Å². The van der Waals surface area contributed by atoms with Gasteiger partial charge in [-0.15, -0.1) is 0 Å². The molecule has 0 spiro atoms. The Morgan fingerprint density at radius 1 is 0.842 bits per heavy atom. The first-order valence-electron chi connectivity index (χ1n) is 13.8. The van der Waals surface area contributed by atoms with Crippen molar-refractivity contribution >= 4 is 23.2 Å². The third kappa shape index (κ3) is 5.02. The van der Waals surface area contributed by atoms with Crippen LogP contribution in [-0.2, 0) is 6.42 Å². The van der Waals surface area contributed by atoms with Crippen LogP contribution in [0.5, 0.6) is 0 Å². The number of nitrogens with one attached hydrogen (secondary N) is 2. The number of hydrogen-bond acceptors (Lipinski definition) is 3. The molecule has 1 aromatic heterocycles. The van der Waals surface area contributed by atoms with Crippen LogP contribution in [0.3, 0.4) is 0 Å². The number of carbonyl (C=O) groups is 2. The lowest BCUT2D eigenvalue weighted by Crippen LogP contribution is -2.55. The fraction of sp³-hybridized carbons (Fsp3) is 0.364. The van der Waals surface area contributed by atoms with Crippen molar-refractivity contribution in [2.75, 3.05) is 5.32 Å². The molecular weight excluding hydrogens is 470 g/mol. The van der Waals surface area contributed by atoms with Gasteiger partial charge in [0.25, 0.3) is 11.8 Å². The van der Waals surface area contributed by atoms with Crippen LogP contribution in [0.1, 0.15) is 69.5 Å². The fourth-order valence-electron chi connectivity index (χ4n) is 7.25. The van der Waals surface area contributed by atoms with Crippen molar-refractivity contribution in [1.29, 1.82) is 0 Å². The monoisotopic (exact) mass is 505 g/mol. The van der Waals surface area contributed by atoms with Crippen molar-refractivity contribution in [1.82, 2.24) is 10.3 Å². The number of pyridine rings is 1. The molecule has 4 bridgehead atoms. The van der Waals surface area contributed by atoms with Crippen molar-refractivity contribution < 1.29 is 9.59 Å². The Kier molecular flexibility index (Phi) is 6.61. The van der Waals surface area contributed by atoms with Crippen LogP contribution in [0.2, 0.25) is 0 Å². The Morgan fingerprint density at radius 2 is 1.50 bits per heavy atom. The number of allylic oxidation sites excluding steroid dienone is 1. The predicted octanol–water partition coefficient (Wildman–Crippen LogP) is 6.45. The molecule has 0 radical (unpaired) electrons. The van der Waals surface area contributed by atoms with E-state index in [1.807, 2.05) is 48.5 Å². The summed E-state index contributed by atoms with van der Waals surface area (Å²) in [6.07, 6.45) is 8.95. The minimum absolute atomic E-state index is 0.0653. The number of rotatable bonds is 7. The average Bonchev–Trinajstić information content (AvgIpc) is 2.92. The SMILES string of the molecule is C=C(Cc1ccc(C(=O)NC2C3CC4CC(C3)CC2C4)cc1C)c1ccc(C(=O)Nc2ccccn2)cc1. The molecule has 0 saturated heterocycles. The average molecular weight is 506 g/mol. The summed E-state index contributed by atoms with van der Waals surface area (Å²) >= 11 is 0. The van der Waals surface area contributed by atoms with E-state index in [1.54, 1.807) is 12.3 Å². The summed E-state index contributed by atoms with van der Waals surface area (Å²) in [6, 6.07) is 19.2. The van der Waals surface area contributed by atoms with Gasteiger partial charge < -0.3 is 10.6 Å². The van der Waals surface area contributed by atoms with Crippen LogP contribution in [0.25, 0.3) is 5.57 Å². The second-order valence-corrected chi connectivity index (χ2v) is 11.6. The Labute approximate surface area is 224 Å². The first kappa shape index (κ1) is 24.6. The van der Waals surface area contributed by atoms with Crippen molar-refractivity contribution in [3.05, 3.63) is 101 Å². The quantitative estimate of drug-likeness (QED) is 0.387. The second kappa shape index (κ2) is 10.2. The van der Waals surface area contributed by atoms with Crippen LogP contribution in [0, 0.1) is 30.6 Å². The van der Waals surface area contributed by atoms with E-state index in [9.17, 15) is 9.59 Å². The Bertz CT molecular complexity index is 1330. The van der Waals surface area contributed by atoms with E-state index in [0.717, 1.165) is 39.7 Å². The zero-order valence-electron chi connectivity index (χ0n) is 22.0. The molecule has 2 N–H and O–H groups in total. The molecule has 5 heteroatoms. The van der Waals surface area contributed by atoms with Gasteiger partial charge in [-0.05, 0) is 128 Å². The number of carbonyl (C=O) groups excluding carboxylic acids is 2. The molecule has 0 unspecified atom stereocenters. The number of nitrogens with zero attached hydrogens (tertiary/aromatic N) is 1. The smallest absolute Gasteiger partial charge is 0.256 e. The highest BCUT2D eigenvalue weighted by molar-refractivity contribution is 6.03. The van der Waals surface area contributed by atoms with Crippen molar-refractivity contribution in [3.63, 3.8) is 0 Å². The molecule has 0 atom stereocenters. The number of amides is 2. The topological polar surface area (TPSA) is 71.1 Å². The summed E-state index contributed by atoms with van der Waals surface area (Å²) in [5.74, 6) is 3.55. The van der Waals surface area contributed by atoms with Crippen molar-refractivity contribution in [3.8, 4) is 0 Å². The normalized spacial score (nSPS) is 25.1. The van der Waals surface area contributed by atoms with E-state index in [0.29, 0.717) is 35.7 Å². The van der Waals surface area contributed by atoms with Gasteiger partial charge in [0.2, 0.25) is 0 Å². The van der Waals surface area contributed by atoms with Crippen molar-refractivity contribution in [2.45, 2.75) is 51.5 Å². The molecule has 4 fully saturated rings. The fourth-order valence-corrected chi connectivity index (χ4v) is 7.25. The van der Waals surface area contributed by atoms with Gasteiger partial charge in [0.1, 0.15) is 5.82 Å². The third-order valence-corrected chi connectivity index (χ3v) is 8.99. The molecule has 194 valence electrons. The Balaban J connectivity index is 1.07. The summed E-state index contributed by atoms with van der Waals surface area (Å²) in [5.41, 5.74) is 5.51. The summed E-state index contributed by atoms with van der Waals surface area (Å²) in [6.45, 7) is 6.35. The number of hydrogen-bond donors (Lipinski definition) is 2. The molecule has 4 aliphatic rings. The highest BCUT2D eigenvalue weighted by atomic mass is 16.2.